The standard InChI is InChI=1S/C9H19N3O/c1-2-12-9(13)5-3-7-11(12)8-4-6-10/h2-8,10H2,1H3. The molecule has 0 aromatic rings. The quantitative estimate of drug-likeness (QED) is 0.680. The van der Waals surface area contributed by atoms with Gasteiger partial charge in [-0.1, -0.05) is 0 Å². The van der Waals surface area contributed by atoms with Gasteiger partial charge in [0, 0.05) is 26.1 Å². The molecule has 4 nitrogen and oxygen atoms in total. The largest absolute Gasteiger partial charge is 0.330 e. The molecule has 1 rings (SSSR count). The summed E-state index contributed by atoms with van der Waals surface area (Å²) in [6, 6.07) is 0. The van der Waals surface area contributed by atoms with E-state index in [1.54, 1.807) is 0 Å². The van der Waals surface area contributed by atoms with E-state index in [1.165, 1.54) is 0 Å². The summed E-state index contributed by atoms with van der Waals surface area (Å²) in [4.78, 5) is 11.5. The third kappa shape index (κ3) is 2.67. The summed E-state index contributed by atoms with van der Waals surface area (Å²) >= 11 is 0. The number of hydrazine groups is 1. The van der Waals surface area contributed by atoms with Crippen LogP contribution in [0.1, 0.15) is 26.2 Å². The Kier molecular flexibility index (Phi) is 4.18. The van der Waals surface area contributed by atoms with Crippen molar-refractivity contribution in [2.75, 3.05) is 26.2 Å². The molecule has 76 valence electrons. The zero-order valence-corrected chi connectivity index (χ0v) is 8.33. The minimum Gasteiger partial charge on any atom is -0.330 e. The highest BCUT2D eigenvalue weighted by molar-refractivity contribution is 5.76. The number of nitrogens with two attached hydrogens (primary N) is 1. The number of amides is 1. The van der Waals surface area contributed by atoms with E-state index in [4.69, 9.17) is 5.73 Å². The highest BCUT2D eigenvalue weighted by Gasteiger charge is 2.23. The summed E-state index contributed by atoms with van der Waals surface area (Å²) in [5.74, 6) is 0.255. The SMILES string of the molecule is CCN1C(=O)CCCN1CCCN. The van der Waals surface area contributed by atoms with Gasteiger partial charge in [0.2, 0.25) is 5.91 Å². The third-order valence-corrected chi connectivity index (χ3v) is 2.36. The first-order chi connectivity index (χ1) is 6.29. The minimum absolute atomic E-state index is 0.255. The van der Waals surface area contributed by atoms with Gasteiger partial charge in [0.05, 0.1) is 0 Å². The van der Waals surface area contributed by atoms with Crippen LogP contribution in [0.5, 0.6) is 0 Å². The van der Waals surface area contributed by atoms with Crippen molar-refractivity contribution in [2.45, 2.75) is 26.2 Å². The maximum Gasteiger partial charge on any atom is 0.236 e. The first-order valence-corrected chi connectivity index (χ1v) is 5.05. The van der Waals surface area contributed by atoms with E-state index in [2.05, 4.69) is 5.01 Å². The van der Waals surface area contributed by atoms with Crippen LogP contribution < -0.4 is 5.73 Å². The molecule has 2 N–H and O–H groups in total. The molecule has 0 aromatic heterocycles. The molecule has 0 spiro atoms. The Morgan fingerprint density at radius 3 is 2.92 bits per heavy atom. The fourth-order valence-corrected chi connectivity index (χ4v) is 1.70. The summed E-state index contributed by atoms with van der Waals surface area (Å²) < 4.78 is 0. The van der Waals surface area contributed by atoms with E-state index in [0.29, 0.717) is 13.0 Å². The number of carbonyl (C=O) groups excluding carboxylic acids is 1. The fourth-order valence-electron chi connectivity index (χ4n) is 1.70. The van der Waals surface area contributed by atoms with E-state index in [0.717, 1.165) is 32.5 Å². The van der Waals surface area contributed by atoms with E-state index < -0.39 is 0 Å². The predicted octanol–water partition coefficient (Wildman–Crippen LogP) is 0.195. The van der Waals surface area contributed by atoms with Crippen LogP contribution in [0.4, 0.5) is 0 Å². The number of carbonyl (C=O) groups is 1. The van der Waals surface area contributed by atoms with Crippen molar-refractivity contribution in [1.82, 2.24) is 10.0 Å². The molecule has 4 heteroatoms. The summed E-state index contributed by atoms with van der Waals surface area (Å²) in [7, 11) is 0. The summed E-state index contributed by atoms with van der Waals surface area (Å²) in [6.45, 7) is 5.40. The molecule has 0 aliphatic carbocycles. The Labute approximate surface area is 79.6 Å². The van der Waals surface area contributed by atoms with Crippen LogP contribution in [0.25, 0.3) is 0 Å². The van der Waals surface area contributed by atoms with Crippen LogP contribution in [-0.4, -0.2) is 42.1 Å². The molecule has 0 bridgehead atoms. The number of nitrogens with zero attached hydrogens (tertiary/aromatic N) is 2. The maximum absolute atomic E-state index is 11.5. The molecular formula is C9H19N3O. The molecule has 0 unspecified atom stereocenters. The Bertz CT molecular complexity index is 172. The van der Waals surface area contributed by atoms with Gasteiger partial charge in [-0.2, -0.15) is 0 Å². The van der Waals surface area contributed by atoms with Crippen molar-refractivity contribution in [3.8, 4) is 0 Å². The zero-order chi connectivity index (χ0) is 9.68. The second-order valence-corrected chi connectivity index (χ2v) is 3.31. The highest BCUT2D eigenvalue weighted by atomic mass is 16.2. The Balaban J connectivity index is 2.44. The second kappa shape index (κ2) is 5.19. The normalized spacial score (nSPS) is 19.5. The molecule has 1 aliphatic heterocycles. The predicted molar refractivity (Wildman–Crippen MR) is 51.9 cm³/mol. The van der Waals surface area contributed by atoms with E-state index >= 15 is 0 Å². The number of rotatable bonds is 4. The van der Waals surface area contributed by atoms with E-state index in [1.807, 2.05) is 11.9 Å². The number of hydrogen-bond donors (Lipinski definition) is 1. The Hall–Kier alpha value is -0.610. The fraction of sp³-hybridized carbons (Fsp3) is 0.889. The average molecular weight is 185 g/mol. The zero-order valence-electron chi connectivity index (χ0n) is 8.33. The molecule has 0 atom stereocenters. The average Bonchev–Trinajstić information content (AvgIpc) is 2.15. The first kappa shape index (κ1) is 10.5. The summed E-state index contributed by atoms with van der Waals surface area (Å²) in [5, 5.41) is 3.97. The lowest BCUT2D eigenvalue weighted by molar-refractivity contribution is -0.154. The molecule has 1 amide bonds. The molecule has 1 heterocycles. The van der Waals surface area contributed by atoms with Gasteiger partial charge < -0.3 is 5.73 Å². The molecule has 1 aliphatic rings. The topological polar surface area (TPSA) is 49.6 Å². The van der Waals surface area contributed by atoms with Gasteiger partial charge in [-0.25, -0.2) is 5.01 Å². The van der Waals surface area contributed by atoms with Crippen molar-refractivity contribution < 1.29 is 4.79 Å². The Morgan fingerprint density at radius 2 is 2.31 bits per heavy atom. The van der Waals surface area contributed by atoms with Crippen molar-refractivity contribution in [3.05, 3.63) is 0 Å². The molecule has 13 heavy (non-hydrogen) atoms. The van der Waals surface area contributed by atoms with Crippen LogP contribution in [-0.2, 0) is 4.79 Å². The van der Waals surface area contributed by atoms with Gasteiger partial charge in [0.1, 0.15) is 0 Å². The van der Waals surface area contributed by atoms with Crippen molar-refractivity contribution in [1.29, 1.82) is 0 Å². The van der Waals surface area contributed by atoms with Crippen LogP contribution in [0.15, 0.2) is 0 Å². The van der Waals surface area contributed by atoms with Crippen LogP contribution in [0.2, 0.25) is 0 Å². The molecule has 0 saturated carbocycles. The van der Waals surface area contributed by atoms with Crippen LogP contribution in [0, 0.1) is 0 Å². The van der Waals surface area contributed by atoms with Gasteiger partial charge in [0.15, 0.2) is 0 Å². The van der Waals surface area contributed by atoms with Crippen molar-refractivity contribution in [3.63, 3.8) is 0 Å². The van der Waals surface area contributed by atoms with Crippen molar-refractivity contribution >= 4 is 5.91 Å². The van der Waals surface area contributed by atoms with Crippen LogP contribution in [0.3, 0.4) is 0 Å². The lowest BCUT2D eigenvalue weighted by Crippen LogP contribution is -2.50. The lowest BCUT2D eigenvalue weighted by Gasteiger charge is -2.37. The van der Waals surface area contributed by atoms with Gasteiger partial charge in [0.25, 0.3) is 0 Å². The monoisotopic (exact) mass is 185 g/mol. The van der Waals surface area contributed by atoms with Gasteiger partial charge in [-0.05, 0) is 26.3 Å². The highest BCUT2D eigenvalue weighted by Crippen LogP contribution is 2.11. The smallest absolute Gasteiger partial charge is 0.236 e. The minimum atomic E-state index is 0.255. The maximum atomic E-state index is 11.5. The second-order valence-electron chi connectivity index (χ2n) is 3.31. The van der Waals surface area contributed by atoms with Gasteiger partial charge in [-0.15, -0.1) is 0 Å². The van der Waals surface area contributed by atoms with E-state index in [-0.39, 0.29) is 5.91 Å². The van der Waals surface area contributed by atoms with Crippen LogP contribution >= 0.6 is 0 Å². The molecule has 0 radical (unpaired) electrons. The number of hydrogen-bond acceptors (Lipinski definition) is 3. The molecule has 1 fully saturated rings. The first-order valence-electron chi connectivity index (χ1n) is 5.05. The molecular weight excluding hydrogens is 166 g/mol. The third-order valence-electron chi connectivity index (χ3n) is 2.36. The summed E-state index contributed by atoms with van der Waals surface area (Å²) in [5.41, 5.74) is 5.44. The Morgan fingerprint density at radius 1 is 1.54 bits per heavy atom. The van der Waals surface area contributed by atoms with Crippen molar-refractivity contribution in [2.24, 2.45) is 5.73 Å². The molecule has 1 saturated heterocycles. The van der Waals surface area contributed by atoms with Gasteiger partial charge >= 0.3 is 0 Å². The lowest BCUT2D eigenvalue weighted by atomic mass is 10.2. The van der Waals surface area contributed by atoms with E-state index in [9.17, 15) is 4.79 Å². The van der Waals surface area contributed by atoms with Gasteiger partial charge in [-0.3, -0.25) is 9.80 Å². The molecule has 0 aromatic carbocycles. The summed E-state index contributed by atoms with van der Waals surface area (Å²) in [6.07, 6.45) is 2.65.